The Morgan fingerprint density at radius 2 is 2.09 bits per heavy atom. The van der Waals surface area contributed by atoms with Gasteiger partial charge in [0.05, 0.1) is 6.10 Å². The molecule has 3 rings (SSSR count). The SMILES string of the molecule is CCOC1CCC(NC(O)c2ccn3c(C)cc(C)nc23)CC1. The van der Waals surface area contributed by atoms with Crippen LogP contribution in [-0.4, -0.2) is 33.2 Å². The number of ether oxygens (including phenoxy) is 1. The van der Waals surface area contributed by atoms with E-state index >= 15 is 0 Å². The Hall–Kier alpha value is -1.43. The van der Waals surface area contributed by atoms with E-state index < -0.39 is 6.23 Å². The van der Waals surface area contributed by atoms with Gasteiger partial charge in [-0.15, -0.1) is 0 Å². The number of aryl methyl sites for hydroxylation is 2. The molecular weight excluding hydrogens is 290 g/mol. The van der Waals surface area contributed by atoms with Crippen molar-refractivity contribution in [1.82, 2.24) is 14.7 Å². The lowest BCUT2D eigenvalue weighted by molar-refractivity contribution is 0.0220. The standard InChI is InChI=1S/C18H27N3O2/c1-4-23-15-7-5-14(6-8-15)20-18(22)16-9-10-21-13(3)11-12(2)19-17(16)21/h9-11,14-15,18,20,22H,4-8H2,1-3H3. The number of nitrogens with zero attached hydrogens (tertiary/aromatic N) is 2. The molecule has 0 radical (unpaired) electrons. The summed E-state index contributed by atoms with van der Waals surface area (Å²) in [6.07, 6.45) is 5.89. The van der Waals surface area contributed by atoms with E-state index in [1.807, 2.05) is 36.6 Å². The van der Waals surface area contributed by atoms with Gasteiger partial charge >= 0.3 is 0 Å². The average molecular weight is 317 g/mol. The monoisotopic (exact) mass is 317 g/mol. The molecule has 2 aromatic rings. The number of hydrogen-bond donors (Lipinski definition) is 2. The summed E-state index contributed by atoms with van der Waals surface area (Å²) in [5, 5.41) is 14.0. The first-order chi connectivity index (χ1) is 11.1. The Morgan fingerprint density at radius 1 is 1.35 bits per heavy atom. The van der Waals surface area contributed by atoms with E-state index in [9.17, 15) is 5.11 Å². The van der Waals surface area contributed by atoms with Gasteiger partial charge in [-0.1, -0.05) is 0 Å². The minimum absolute atomic E-state index is 0.336. The zero-order chi connectivity index (χ0) is 16.4. The Labute approximate surface area is 137 Å². The molecule has 5 heteroatoms. The fourth-order valence-corrected chi connectivity index (χ4v) is 3.57. The van der Waals surface area contributed by atoms with Crippen molar-refractivity contribution in [3.05, 3.63) is 35.3 Å². The molecule has 5 nitrogen and oxygen atoms in total. The van der Waals surface area contributed by atoms with Crippen LogP contribution in [-0.2, 0) is 4.74 Å². The first-order valence-electron chi connectivity index (χ1n) is 8.59. The Morgan fingerprint density at radius 3 is 2.78 bits per heavy atom. The molecule has 126 valence electrons. The molecule has 0 spiro atoms. The third kappa shape index (κ3) is 3.57. The molecule has 2 N–H and O–H groups in total. The Bertz CT molecular complexity index is 660. The van der Waals surface area contributed by atoms with Gasteiger partial charge in [-0.05, 0) is 58.6 Å². The zero-order valence-corrected chi connectivity index (χ0v) is 14.2. The van der Waals surface area contributed by atoms with E-state index in [4.69, 9.17) is 4.74 Å². The Kier molecular flexibility index (Phi) is 4.99. The minimum Gasteiger partial charge on any atom is -0.379 e. The number of rotatable bonds is 5. The molecule has 2 aromatic heterocycles. The fraction of sp³-hybridized carbons (Fsp3) is 0.611. The molecule has 0 saturated heterocycles. The molecule has 1 unspecified atom stereocenters. The van der Waals surface area contributed by atoms with E-state index in [0.717, 1.165) is 54.9 Å². The molecule has 0 amide bonds. The molecular formula is C18H27N3O2. The van der Waals surface area contributed by atoms with E-state index in [0.29, 0.717) is 12.1 Å². The summed E-state index contributed by atoms with van der Waals surface area (Å²) in [6.45, 7) is 6.87. The summed E-state index contributed by atoms with van der Waals surface area (Å²) in [4.78, 5) is 4.59. The highest BCUT2D eigenvalue weighted by Gasteiger charge is 2.24. The molecule has 23 heavy (non-hydrogen) atoms. The lowest BCUT2D eigenvalue weighted by atomic mass is 9.92. The van der Waals surface area contributed by atoms with Gasteiger partial charge in [0.2, 0.25) is 0 Å². The second-order valence-corrected chi connectivity index (χ2v) is 6.50. The second-order valence-electron chi connectivity index (χ2n) is 6.50. The van der Waals surface area contributed by atoms with Crippen molar-refractivity contribution < 1.29 is 9.84 Å². The van der Waals surface area contributed by atoms with Crippen molar-refractivity contribution in [2.75, 3.05) is 6.61 Å². The third-order valence-electron chi connectivity index (χ3n) is 4.73. The smallest absolute Gasteiger partial charge is 0.144 e. The van der Waals surface area contributed by atoms with Crippen molar-refractivity contribution in [3.8, 4) is 0 Å². The molecule has 0 aromatic carbocycles. The number of aromatic nitrogens is 2. The van der Waals surface area contributed by atoms with E-state index in [-0.39, 0.29) is 0 Å². The van der Waals surface area contributed by atoms with Gasteiger partial charge in [0.15, 0.2) is 0 Å². The maximum absolute atomic E-state index is 10.6. The molecule has 0 aliphatic heterocycles. The van der Waals surface area contributed by atoms with Crippen LogP contribution < -0.4 is 5.32 Å². The number of aliphatic hydroxyl groups excluding tert-OH is 1. The number of nitrogens with one attached hydrogen (secondary N) is 1. The number of fused-ring (bicyclic) bond motifs is 1. The van der Waals surface area contributed by atoms with Gasteiger partial charge in [0.25, 0.3) is 0 Å². The third-order valence-corrected chi connectivity index (χ3v) is 4.73. The minimum atomic E-state index is -0.678. The molecule has 2 heterocycles. The molecule has 1 fully saturated rings. The maximum Gasteiger partial charge on any atom is 0.144 e. The predicted octanol–water partition coefficient (Wildman–Crippen LogP) is 2.88. The zero-order valence-electron chi connectivity index (χ0n) is 14.2. The van der Waals surface area contributed by atoms with Crippen LogP contribution in [0.5, 0.6) is 0 Å². The van der Waals surface area contributed by atoms with Gasteiger partial charge in [-0.3, -0.25) is 5.32 Å². The summed E-state index contributed by atoms with van der Waals surface area (Å²) in [5.41, 5.74) is 3.79. The summed E-state index contributed by atoms with van der Waals surface area (Å²) < 4.78 is 7.72. The molecule has 1 aliphatic rings. The average Bonchev–Trinajstić information content (AvgIpc) is 2.93. The number of aliphatic hydroxyl groups is 1. The van der Waals surface area contributed by atoms with Crippen LogP contribution in [0.3, 0.4) is 0 Å². The topological polar surface area (TPSA) is 58.8 Å². The summed E-state index contributed by atoms with van der Waals surface area (Å²) in [7, 11) is 0. The molecule has 1 saturated carbocycles. The summed E-state index contributed by atoms with van der Waals surface area (Å²) >= 11 is 0. The van der Waals surface area contributed by atoms with Gasteiger partial charge in [0.1, 0.15) is 11.9 Å². The van der Waals surface area contributed by atoms with Gasteiger partial charge in [-0.25, -0.2) is 4.98 Å². The highest BCUT2D eigenvalue weighted by molar-refractivity contribution is 5.51. The Balaban J connectivity index is 1.68. The lowest BCUT2D eigenvalue weighted by Gasteiger charge is -2.30. The first kappa shape index (κ1) is 16.4. The molecule has 1 aliphatic carbocycles. The van der Waals surface area contributed by atoms with Crippen LogP contribution in [0, 0.1) is 13.8 Å². The van der Waals surface area contributed by atoms with Crippen molar-refractivity contribution >= 4 is 5.65 Å². The van der Waals surface area contributed by atoms with Gasteiger partial charge < -0.3 is 14.2 Å². The largest absolute Gasteiger partial charge is 0.379 e. The number of hydrogen-bond acceptors (Lipinski definition) is 4. The van der Waals surface area contributed by atoms with Crippen molar-refractivity contribution in [2.45, 2.75) is 64.8 Å². The van der Waals surface area contributed by atoms with Crippen LogP contribution in [0.25, 0.3) is 5.65 Å². The first-order valence-corrected chi connectivity index (χ1v) is 8.59. The maximum atomic E-state index is 10.6. The van der Waals surface area contributed by atoms with Gasteiger partial charge in [-0.2, -0.15) is 0 Å². The highest BCUT2D eigenvalue weighted by Crippen LogP contribution is 2.25. The molecule has 1 atom stereocenters. The van der Waals surface area contributed by atoms with E-state index in [1.54, 1.807) is 0 Å². The summed E-state index contributed by atoms with van der Waals surface area (Å²) in [6, 6.07) is 4.34. The van der Waals surface area contributed by atoms with Crippen LogP contribution in [0.15, 0.2) is 18.3 Å². The second kappa shape index (κ2) is 6.99. The normalized spacial score (nSPS) is 23.3. The fourth-order valence-electron chi connectivity index (χ4n) is 3.57. The highest BCUT2D eigenvalue weighted by atomic mass is 16.5. The lowest BCUT2D eigenvalue weighted by Crippen LogP contribution is -2.37. The van der Waals surface area contributed by atoms with Crippen molar-refractivity contribution in [3.63, 3.8) is 0 Å². The van der Waals surface area contributed by atoms with Crippen LogP contribution >= 0.6 is 0 Å². The quantitative estimate of drug-likeness (QED) is 0.833. The van der Waals surface area contributed by atoms with Gasteiger partial charge in [0, 0.05) is 35.8 Å². The summed E-state index contributed by atoms with van der Waals surface area (Å²) in [5.74, 6) is 0. The van der Waals surface area contributed by atoms with E-state index in [2.05, 4.69) is 17.2 Å². The van der Waals surface area contributed by atoms with Crippen molar-refractivity contribution in [1.29, 1.82) is 0 Å². The predicted molar refractivity (Wildman–Crippen MR) is 90.4 cm³/mol. The van der Waals surface area contributed by atoms with Crippen LogP contribution in [0.4, 0.5) is 0 Å². The van der Waals surface area contributed by atoms with E-state index in [1.165, 1.54) is 0 Å². The molecule has 0 bridgehead atoms. The van der Waals surface area contributed by atoms with Crippen LogP contribution in [0.2, 0.25) is 0 Å². The van der Waals surface area contributed by atoms with Crippen LogP contribution in [0.1, 0.15) is 55.8 Å². The van der Waals surface area contributed by atoms with Crippen molar-refractivity contribution in [2.24, 2.45) is 0 Å².